The lowest BCUT2D eigenvalue weighted by atomic mass is 10.1. The molecule has 0 spiro atoms. The molecule has 2 aromatic carbocycles. The number of anilines is 1. The number of non-ortho nitro benzene ring substituents is 1. The minimum absolute atomic E-state index is 0.108. The molecule has 4 aromatic rings. The van der Waals surface area contributed by atoms with Crippen LogP contribution in [0.15, 0.2) is 69.3 Å². The highest BCUT2D eigenvalue weighted by molar-refractivity contribution is 7.11. The second-order valence-electron chi connectivity index (χ2n) is 6.82. The standard InChI is InChI=1S/C23H14N4O6S/c1-32-22(28)16-4-2-3-5-18(16)25-11-14(10-24)21-26-19(12-34-21)17-9-13-8-15(27(30)31)6-7-20(13)33-23(17)29/h2-9,11-12,25H,1H3. The fraction of sp³-hybridized carbons (Fsp3) is 0.0435. The summed E-state index contributed by atoms with van der Waals surface area (Å²) in [5.74, 6) is -0.533. The maximum atomic E-state index is 12.5. The van der Waals surface area contributed by atoms with E-state index in [1.165, 1.54) is 37.6 Å². The minimum atomic E-state index is -0.661. The topological polar surface area (TPSA) is 148 Å². The minimum Gasteiger partial charge on any atom is -0.465 e. The molecule has 168 valence electrons. The number of esters is 1. The number of para-hydroxylation sites is 1. The average molecular weight is 474 g/mol. The third-order valence-electron chi connectivity index (χ3n) is 4.76. The Hall–Kier alpha value is -4.82. The molecule has 0 fully saturated rings. The van der Waals surface area contributed by atoms with Crippen LogP contribution in [-0.4, -0.2) is 23.0 Å². The van der Waals surface area contributed by atoms with Gasteiger partial charge < -0.3 is 14.5 Å². The van der Waals surface area contributed by atoms with Gasteiger partial charge in [0.05, 0.1) is 34.5 Å². The van der Waals surface area contributed by atoms with Gasteiger partial charge in [0.15, 0.2) is 0 Å². The van der Waals surface area contributed by atoms with Gasteiger partial charge in [-0.15, -0.1) is 11.3 Å². The summed E-state index contributed by atoms with van der Waals surface area (Å²) in [6, 6.07) is 14.1. The number of hydrogen-bond donors (Lipinski definition) is 1. The van der Waals surface area contributed by atoms with Crippen molar-refractivity contribution in [2.45, 2.75) is 0 Å². The quantitative estimate of drug-likeness (QED) is 0.139. The maximum Gasteiger partial charge on any atom is 0.345 e. The third kappa shape index (κ3) is 4.38. The number of carbonyl (C=O) groups excluding carboxylic acids is 1. The van der Waals surface area contributed by atoms with Gasteiger partial charge in [0.1, 0.15) is 22.2 Å². The Labute approximate surface area is 195 Å². The summed E-state index contributed by atoms with van der Waals surface area (Å²) >= 11 is 1.13. The molecule has 2 aromatic heterocycles. The number of ether oxygens (including phenoxy) is 1. The van der Waals surface area contributed by atoms with Crippen molar-refractivity contribution in [1.82, 2.24) is 4.98 Å². The van der Waals surface area contributed by atoms with Crippen LogP contribution in [-0.2, 0) is 4.74 Å². The normalized spacial score (nSPS) is 11.1. The number of nitrogens with zero attached hydrogens (tertiary/aromatic N) is 3. The molecule has 0 saturated carbocycles. The number of fused-ring (bicyclic) bond motifs is 1. The molecule has 0 saturated heterocycles. The van der Waals surface area contributed by atoms with E-state index in [2.05, 4.69) is 10.3 Å². The predicted molar refractivity (Wildman–Crippen MR) is 125 cm³/mol. The van der Waals surface area contributed by atoms with Gasteiger partial charge in [0, 0.05) is 29.1 Å². The van der Waals surface area contributed by atoms with Crippen LogP contribution in [0.5, 0.6) is 0 Å². The van der Waals surface area contributed by atoms with Gasteiger partial charge in [0.25, 0.3) is 5.69 Å². The average Bonchev–Trinajstić information content (AvgIpc) is 3.33. The first-order valence-electron chi connectivity index (χ1n) is 9.64. The first kappa shape index (κ1) is 22.4. The van der Waals surface area contributed by atoms with Crippen LogP contribution in [0, 0.1) is 21.4 Å². The summed E-state index contributed by atoms with van der Waals surface area (Å²) in [7, 11) is 1.27. The fourth-order valence-corrected chi connectivity index (χ4v) is 3.90. The monoisotopic (exact) mass is 474 g/mol. The number of methoxy groups -OCH3 is 1. The van der Waals surface area contributed by atoms with Crippen molar-refractivity contribution < 1.29 is 18.9 Å². The van der Waals surface area contributed by atoms with Crippen molar-refractivity contribution >= 4 is 45.2 Å². The Morgan fingerprint density at radius 3 is 2.82 bits per heavy atom. The van der Waals surface area contributed by atoms with Crippen LogP contribution in [0.4, 0.5) is 11.4 Å². The lowest BCUT2D eigenvalue weighted by Crippen LogP contribution is -2.05. The van der Waals surface area contributed by atoms with Crippen LogP contribution in [0.2, 0.25) is 0 Å². The molecule has 4 rings (SSSR count). The molecular weight excluding hydrogens is 460 g/mol. The van der Waals surface area contributed by atoms with E-state index in [-0.39, 0.29) is 28.1 Å². The number of benzene rings is 2. The first-order valence-corrected chi connectivity index (χ1v) is 10.5. The number of nitrogens with one attached hydrogen (secondary N) is 1. The lowest BCUT2D eigenvalue weighted by molar-refractivity contribution is -0.384. The SMILES string of the molecule is COC(=O)c1ccccc1NC=C(C#N)c1nc(-c2cc3cc([N+](=O)[O-])ccc3oc2=O)cs1. The molecule has 34 heavy (non-hydrogen) atoms. The lowest BCUT2D eigenvalue weighted by Gasteiger charge is -2.07. The van der Waals surface area contributed by atoms with E-state index in [0.29, 0.717) is 21.6 Å². The van der Waals surface area contributed by atoms with Crippen molar-refractivity contribution in [3.63, 3.8) is 0 Å². The van der Waals surface area contributed by atoms with Crippen molar-refractivity contribution in [1.29, 1.82) is 5.26 Å². The Bertz CT molecular complexity index is 1560. The van der Waals surface area contributed by atoms with Crippen LogP contribution in [0.25, 0.3) is 27.8 Å². The van der Waals surface area contributed by atoms with Crippen LogP contribution in [0.1, 0.15) is 15.4 Å². The summed E-state index contributed by atoms with van der Waals surface area (Å²) in [4.78, 5) is 39.3. The number of allylic oxidation sites excluding steroid dienone is 1. The van der Waals surface area contributed by atoms with Gasteiger partial charge in [-0.3, -0.25) is 10.1 Å². The number of nitro groups is 1. The van der Waals surface area contributed by atoms with E-state index < -0.39 is 16.5 Å². The molecule has 11 heteroatoms. The van der Waals surface area contributed by atoms with Crippen LogP contribution >= 0.6 is 11.3 Å². The van der Waals surface area contributed by atoms with Gasteiger partial charge in [-0.05, 0) is 24.3 Å². The fourth-order valence-electron chi connectivity index (χ4n) is 3.11. The molecule has 0 aliphatic rings. The molecule has 0 aliphatic carbocycles. The highest BCUT2D eigenvalue weighted by Crippen LogP contribution is 2.28. The van der Waals surface area contributed by atoms with Gasteiger partial charge >= 0.3 is 11.6 Å². The highest BCUT2D eigenvalue weighted by Gasteiger charge is 2.16. The predicted octanol–water partition coefficient (Wildman–Crippen LogP) is 4.59. The number of hydrogen-bond acceptors (Lipinski definition) is 10. The molecule has 2 heterocycles. The Kier molecular flexibility index (Phi) is 6.16. The van der Waals surface area contributed by atoms with Crippen molar-refractivity contribution in [2.24, 2.45) is 0 Å². The maximum absolute atomic E-state index is 12.5. The highest BCUT2D eigenvalue weighted by atomic mass is 32.1. The van der Waals surface area contributed by atoms with Gasteiger partial charge in [0.2, 0.25) is 0 Å². The zero-order valence-electron chi connectivity index (χ0n) is 17.5. The largest absolute Gasteiger partial charge is 0.465 e. The number of nitro benzene ring substituents is 1. The van der Waals surface area contributed by atoms with E-state index in [4.69, 9.17) is 9.15 Å². The van der Waals surface area contributed by atoms with E-state index in [0.717, 1.165) is 11.3 Å². The van der Waals surface area contributed by atoms with E-state index in [9.17, 15) is 25.0 Å². The zero-order chi connectivity index (χ0) is 24.2. The molecule has 10 nitrogen and oxygen atoms in total. The summed E-state index contributed by atoms with van der Waals surface area (Å²) in [5.41, 5.74) is 0.676. The van der Waals surface area contributed by atoms with Crippen molar-refractivity contribution in [2.75, 3.05) is 12.4 Å². The van der Waals surface area contributed by atoms with Crippen molar-refractivity contribution in [3.05, 3.63) is 91.2 Å². The molecule has 0 unspecified atom stereocenters. The van der Waals surface area contributed by atoms with E-state index >= 15 is 0 Å². The number of nitriles is 1. The molecule has 0 bridgehead atoms. The second kappa shape index (κ2) is 9.35. The Morgan fingerprint density at radius 1 is 1.29 bits per heavy atom. The third-order valence-corrected chi connectivity index (χ3v) is 5.64. The van der Waals surface area contributed by atoms with Gasteiger partial charge in [-0.25, -0.2) is 14.6 Å². The van der Waals surface area contributed by atoms with Gasteiger partial charge in [-0.2, -0.15) is 5.26 Å². The summed E-state index contributed by atoms with van der Waals surface area (Å²) in [5, 5.41) is 25.9. The number of aromatic nitrogens is 1. The van der Waals surface area contributed by atoms with Crippen LogP contribution < -0.4 is 10.9 Å². The summed E-state index contributed by atoms with van der Waals surface area (Å²) in [6.07, 6.45) is 1.40. The second-order valence-corrected chi connectivity index (χ2v) is 7.67. The van der Waals surface area contributed by atoms with E-state index in [1.807, 2.05) is 6.07 Å². The first-order chi connectivity index (χ1) is 16.4. The smallest absolute Gasteiger partial charge is 0.345 e. The van der Waals surface area contributed by atoms with E-state index in [1.54, 1.807) is 29.6 Å². The summed E-state index contributed by atoms with van der Waals surface area (Å²) < 4.78 is 10.0. The van der Waals surface area contributed by atoms with Crippen LogP contribution in [0.3, 0.4) is 0 Å². The molecular formula is C23H14N4O6S. The Morgan fingerprint density at radius 2 is 2.09 bits per heavy atom. The molecule has 0 atom stereocenters. The molecule has 1 N–H and O–H groups in total. The summed E-state index contributed by atoms with van der Waals surface area (Å²) in [6.45, 7) is 0. The Balaban J connectivity index is 1.67. The number of rotatable bonds is 6. The van der Waals surface area contributed by atoms with Gasteiger partial charge in [-0.1, -0.05) is 12.1 Å². The zero-order valence-corrected chi connectivity index (χ0v) is 18.3. The van der Waals surface area contributed by atoms with Crippen molar-refractivity contribution in [3.8, 4) is 17.3 Å². The molecule has 0 amide bonds. The number of carbonyl (C=O) groups is 1. The molecule has 0 radical (unpaired) electrons. The molecule has 0 aliphatic heterocycles. The number of thiazole rings is 1.